The van der Waals surface area contributed by atoms with Gasteiger partial charge < -0.3 is 5.73 Å². The molecule has 4 nitrogen and oxygen atoms in total. The minimum Gasteiger partial charge on any atom is -0.399 e. The van der Waals surface area contributed by atoms with Crippen molar-refractivity contribution in [2.75, 3.05) is 10.5 Å². The highest BCUT2D eigenvalue weighted by molar-refractivity contribution is 7.92. The van der Waals surface area contributed by atoms with Crippen molar-refractivity contribution in [3.8, 4) is 0 Å². The summed E-state index contributed by atoms with van der Waals surface area (Å²) in [6.45, 7) is 1.93. The molecule has 3 N–H and O–H groups in total. The van der Waals surface area contributed by atoms with Crippen molar-refractivity contribution in [2.24, 2.45) is 0 Å². The molecule has 100 valence electrons. The molecule has 0 radical (unpaired) electrons. The molecular weight excluding hydrogens is 284 g/mol. The second kappa shape index (κ2) is 5.11. The number of nitrogen functional groups attached to an aromatic ring is 1. The number of nitrogens with one attached hydrogen (secondary N) is 1. The normalized spacial score (nSPS) is 11.3. The SMILES string of the molecule is Cc1ccc(NS(=O)(=O)c2ccc(N)cc2Cl)cc1. The van der Waals surface area contributed by atoms with Gasteiger partial charge in [-0.05, 0) is 37.3 Å². The first kappa shape index (κ1) is 13.7. The first-order valence-electron chi connectivity index (χ1n) is 5.53. The van der Waals surface area contributed by atoms with E-state index in [-0.39, 0.29) is 9.92 Å². The lowest BCUT2D eigenvalue weighted by Gasteiger charge is -2.10. The Bertz CT molecular complexity index is 697. The number of halogens is 1. The summed E-state index contributed by atoms with van der Waals surface area (Å²) in [6, 6.07) is 11.3. The van der Waals surface area contributed by atoms with E-state index in [1.807, 2.05) is 19.1 Å². The Balaban J connectivity index is 2.35. The standard InChI is InChI=1S/C13H13ClN2O2S/c1-9-2-5-11(6-3-9)16-19(17,18)13-7-4-10(15)8-12(13)14/h2-8,16H,15H2,1H3. The molecule has 19 heavy (non-hydrogen) atoms. The zero-order chi connectivity index (χ0) is 14.0. The van der Waals surface area contributed by atoms with Crippen molar-refractivity contribution in [1.29, 1.82) is 0 Å². The summed E-state index contributed by atoms with van der Waals surface area (Å²) in [5.74, 6) is 0. The predicted octanol–water partition coefficient (Wildman–Crippen LogP) is 3.03. The third kappa shape index (κ3) is 3.19. The number of sulfonamides is 1. The molecule has 0 aliphatic carbocycles. The van der Waals surface area contributed by atoms with Gasteiger partial charge in [0.05, 0.1) is 5.02 Å². The van der Waals surface area contributed by atoms with Crippen LogP contribution in [0.2, 0.25) is 5.02 Å². The zero-order valence-corrected chi connectivity index (χ0v) is 11.8. The van der Waals surface area contributed by atoms with Crippen LogP contribution in [0.1, 0.15) is 5.56 Å². The van der Waals surface area contributed by atoms with Crippen LogP contribution in [-0.2, 0) is 10.0 Å². The Kier molecular flexibility index (Phi) is 3.68. The van der Waals surface area contributed by atoms with Gasteiger partial charge in [-0.25, -0.2) is 8.42 Å². The molecule has 6 heteroatoms. The number of hydrogen-bond acceptors (Lipinski definition) is 3. The van der Waals surface area contributed by atoms with Gasteiger partial charge >= 0.3 is 0 Å². The van der Waals surface area contributed by atoms with Gasteiger partial charge in [-0.15, -0.1) is 0 Å². The molecule has 2 aromatic carbocycles. The Morgan fingerprint density at radius 2 is 1.74 bits per heavy atom. The summed E-state index contributed by atoms with van der Waals surface area (Å²) in [4.78, 5) is 0.00365. The molecule has 0 unspecified atom stereocenters. The maximum Gasteiger partial charge on any atom is 0.263 e. The van der Waals surface area contributed by atoms with Crippen LogP contribution in [0.25, 0.3) is 0 Å². The van der Waals surface area contributed by atoms with E-state index in [1.165, 1.54) is 18.2 Å². The van der Waals surface area contributed by atoms with Crippen LogP contribution < -0.4 is 10.5 Å². The molecule has 0 saturated carbocycles. The molecule has 2 aromatic rings. The highest BCUT2D eigenvalue weighted by atomic mass is 35.5. The summed E-state index contributed by atoms with van der Waals surface area (Å²) >= 11 is 5.91. The van der Waals surface area contributed by atoms with E-state index in [1.54, 1.807) is 12.1 Å². The Labute approximate surface area is 117 Å². The van der Waals surface area contributed by atoms with Crippen LogP contribution in [0.4, 0.5) is 11.4 Å². The van der Waals surface area contributed by atoms with Crippen molar-refractivity contribution in [3.63, 3.8) is 0 Å². The van der Waals surface area contributed by atoms with Gasteiger partial charge in [0.25, 0.3) is 10.0 Å². The largest absolute Gasteiger partial charge is 0.399 e. The van der Waals surface area contributed by atoms with E-state index in [4.69, 9.17) is 17.3 Å². The van der Waals surface area contributed by atoms with Crippen LogP contribution >= 0.6 is 11.6 Å². The first-order valence-corrected chi connectivity index (χ1v) is 7.39. The van der Waals surface area contributed by atoms with E-state index in [9.17, 15) is 8.42 Å². The fourth-order valence-corrected chi connectivity index (χ4v) is 3.18. The summed E-state index contributed by atoms with van der Waals surface area (Å²) in [6.07, 6.45) is 0. The second-order valence-electron chi connectivity index (χ2n) is 4.16. The molecule has 0 spiro atoms. The fourth-order valence-electron chi connectivity index (χ4n) is 1.57. The average Bonchev–Trinajstić information content (AvgIpc) is 2.31. The first-order chi connectivity index (χ1) is 8.88. The lowest BCUT2D eigenvalue weighted by atomic mass is 10.2. The molecule has 0 aliphatic rings. The molecule has 0 aromatic heterocycles. The molecule has 0 atom stereocenters. The number of benzene rings is 2. The lowest BCUT2D eigenvalue weighted by molar-refractivity contribution is 0.601. The lowest BCUT2D eigenvalue weighted by Crippen LogP contribution is -2.13. The van der Waals surface area contributed by atoms with Crippen molar-refractivity contribution >= 4 is 33.0 Å². The van der Waals surface area contributed by atoms with Gasteiger partial charge in [-0.1, -0.05) is 29.3 Å². The number of hydrogen-bond donors (Lipinski definition) is 2. The highest BCUT2D eigenvalue weighted by Crippen LogP contribution is 2.25. The Hall–Kier alpha value is -1.72. The number of anilines is 2. The van der Waals surface area contributed by atoms with Crippen LogP contribution in [0.3, 0.4) is 0 Å². The third-order valence-corrected chi connectivity index (χ3v) is 4.41. The van der Waals surface area contributed by atoms with E-state index in [0.29, 0.717) is 11.4 Å². The maximum absolute atomic E-state index is 12.2. The van der Waals surface area contributed by atoms with Gasteiger partial charge in [-0.3, -0.25) is 4.72 Å². The van der Waals surface area contributed by atoms with E-state index in [2.05, 4.69) is 4.72 Å². The van der Waals surface area contributed by atoms with E-state index < -0.39 is 10.0 Å². The van der Waals surface area contributed by atoms with Gasteiger partial charge in [0.2, 0.25) is 0 Å². The highest BCUT2D eigenvalue weighted by Gasteiger charge is 2.17. The third-order valence-electron chi connectivity index (χ3n) is 2.55. The summed E-state index contributed by atoms with van der Waals surface area (Å²) in [5.41, 5.74) is 7.49. The summed E-state index contributed by atoms with van der Waals surface area (Å²) in [7, 11) is -3.71. The number of rotatable bonds is 3. The van der Waals surface area contributed by atoms with Gasteiger partial charge in [-0.2, -0.15) is 0 Å². The van der Waals surface area contributed by atoms with E-state index in [0.717, 1.165) is 5.56 Å². The molecule has 0 saturated heterocycles. The van der Waals surface area contributed by atoms with E-state index >= 15 is 0 Å². The van der Waals surface area contributed by atoms with Crippen LogP contribution in [0, 0.1) is 6.92 Å². The number of aryl methyl sites for hydroxylation is 1. The zero-order valence-electron chi connectivity index (χ0n) is 10.2. The topological polar surface area (TPSA) is 72.2 Å². The molecule has 0 aliphatic heterocycles. The molecule has 0 bridgehead atoms. The molecule has 0 amide bonds. The van der Waals surface area contributed by atoms with Crippen molar-refractivity contribution in [1.82, 2.24) is 0 Å². The Morgan fingerprint density at radius 1 is 1.11 bits per heavy atom. The van der Waals surface area contributed by atoms with Crippen LogP contribution in [0.5, 0.6) is 0 Å². The van der Waals surface area contributed by atoms with Gasteiger partial charge in [0.15, 0.2) is 0 Å². The number of nitrogens with two attached hydrogens (primary N) is 1. The smallest absolute Gasteiger partial charge is 0.263 e. The minimum atomic E-state index is -3.71. The second-order valence-corrected chi connectivity index (χ2v) is 6.22. The summed E-state index contributed by atoms with van der Waals surface area (Å²) in [5, 5.41) is 0.0969. The molecular formula is C13H13ClN2O2S. The minimum absolute atomic E-state index is 0.00365. The fraction of sp³-hybridized carbons (Fsp3) is 0.0769. The van der Waals surface area contributed by atoms with Crippen molar-refractivity contribution in [3.05, 3.63) is 53.1 Å². The quantitative estimate of drug-likeness (QED) is 0.855. The monoisotopic (exact) mass is 296 g/mol. The Morgan fingerprint density at radius 3 is 2.32 bits per heavy atom. The predicted molar refractivity (Wildman–Crippen MR) is 77.9 cm³/mol. The molecule has 2 rings (SSSR count). The van der Waals surface area contributed by atoms with Crippen LogP contribution in [0.15, 0.2) is 47.4 Å². The molecule has 0 fully saturated rings. The average molecular weight is 297 g/mol. The maximum atomic E-state index is 12.2. The summed E-state index contributed by atoms with van der Waals surface area (Å²) < 4.78 is 26.8. The van der Waals surface area contributed by atoms with Crippen LogP contribution in [-0.4, -0.2) is 8.42 Å². The van der Waals surface area contributed by atoms with Gasteiger partial charge in [0, 0.05) is 11.4 Å². The van der Waals surface area contributed by atoms with Gasteiger partial charge in [0.1, 0.15) is 4.90 Å². The van der Waals surface area contributed by atoms with Crippen molar-refractivity contribution < 1.29 is 8.42 Å². The molecule has 0 heterocycles. The van der Waals surface area contributed by atoms with Crippen molar-refractivity contribution in [2.45, 2.75) is 11.8 Å².